The molecule has 0 aromatic heterocycles. The molecule has 1 aromatic rings. The van der Waals surface area contributed by atoms with E-state index in [1.54, 1.807) is 6.08 Å². The molecular formula is C12H13ClFNO. The van der Waals surface area contributed by atoms with Gasteiger partial charge in [0, 0.05) is 18.0 Å². The molecule has 2 nitrogen and oxygen atoms in total. The van der Waals surface area contributed by atoms with Crippen LogP contribution in [0.25, 0.3) is 0 Å². The van der Waals surface area contributed by atoms with Crippen LogP contribution in [0.5, 0.6) is 0 Å². The van der Waals surface area contributed by atoms with Crippen LogP contribution in [-0.2, 0) is 11.2 Å². The van der Waals surface area contributed by atoms with Gasteiger partial charge in [-0.15, -0.1) is 6.58 Å². The van der Waals surface area contributed by atoms with Gasteiger partial charge in [-0.1, -0.05) is 17.7 Å². The number of benzene rings is 1. The first-order chi connectivity index (χ1) is 7.63. The summed E-state index contributed by atoms with van der Waals surface area (Å²) >= 11 is 5.72. The highest BCUT2D eigenvalue weighted by molar-refractivity contribution is 6.30. The molecule has 0 bridgehead atoms. The van der Waals surface area contributed by atoms with E-state index in [1.165, 1.54) is 18.2 Å². The molecule has 0 fully saturated rings. The lowest BCUT2D eigenvalue weighted by Crippen LogP contribution is -2.24. The molecule has 0 aliphatic heterocycles. The van der Waals surface area contributed by atoms with Gasteiger partial charge in [-0.2, -0.15) is 0 Å². The second kappa shape index (κ2) is 6.40. The van der Waals surface area contributed by atoms with E-state index < -0.39 is 5.82 Å². The monoisotopic (exact) mass is 241 g/mol. The number of carbonyl (C=O) groups excluding carboxylic acids is 1. The van der Waals surface area contributed by atoms with Crippen molar-refractivity contribution in [2.45, 2.75) is 6.42 Å². The molecule has 4 heteroatoms. The predicted octanol–water partition coefficient (Wildman–Crippen LogP) is 2.37. The van der Waals surface area contributed by atoms with Crippen LogP contribution in [0.1, 0.15) is 5.56 Å². The maximum absolute atomic E-state index is 13.3. The lowest BCUT2D eigenvalue weighted by atomic mass is 10.1. The third-order valence-electron chi connectivity index (χ3n) is 2.01. The van der Waals surface area contributed by atoms with E-state index in [4.69, 9.17) is 11.6 Å². The molecule has 86 valence electrons. The first-order valence-corrected chi connectivity index (χ1v) is 5.28. The zero-order valence-electron chi connectivity index (χ0n) is 8.80. The summed E-state index contributed by atoms with van der Waals surface area (Å²) in [5.41, 5.74) is 0.331. The van der Waals surface area contributed by atoms with Crippen molar-refractivity contribution in [2.24, 2.45) is 0 Å². The summed E-state index contributed by atoms with van der Waals surface area (Å²) in [5.74, 6) is -0.482. The van der Waals surface area contributed by atoms with Crippen LogP contribution < -0.4 is 5.32 Å². The quantitative estimate of drug-likeness (QED) is 0.612. The molecule has 0 amide bonds. The highest BCUT2D eigenvalue weighted by atomic mass is 35.5. The van der Waals surface area contributed by atoms with Crippen molar-refractivity contribution < 1.29 is 9.18 Å². The smallest absolute Gasteiger partial charge is 0.151 e. The Morgan fingerprint density at radius 3 is 3.00 bits per heavy atom. The summed E-state index contributed by atoms with van der Waals surface area (Å²) in [4.78, 5) is 11.4. The van der Waals surface area contributed by atoms with Crippen molar-refractivity contribution in [3.05, 3.63) is 47.3 Å². The Hall–Kier alpha value is -1.19. The average molecular weight is 242 g/mol. The van der Waals surface area contributed by atoms with E-state index in [2.05, 4.69) is 11.9 Å². The maximum atomic E-state index is 13.3. The van der Waals surface area contributed by atoms with Gasteiger partial charge in [0.05, 0.1) is 6.54 Å². The summed E-state index contributed by atoms with van der Waals surface area (Å²) in [6.45, 7) is 4.28. The maximum Gasteiger partial charge on any atom is 0.151 e. The van der Waals surface area contributed by atoms with Gasteiger partial charge in [-0.25, -0.2) is 4.39 Å². The minimum absolute atomic E-state index is 0.0521. The molecule has 0 aliphatic rings. The largest absolute Gasteiger partial charge is 0.307 e. The summed E-state index contributed by atoms with van der Waals surface area (Å²) in [5, 5.41) is 3.30. The Labute approximate surface area is 99.1 Å². The van der Waals surface area contributed by atoms with Gasteiger partial charge in [0.25, 0.3) is 0 Å². The van der Waals surface area contributed by atoms with E-state index in [1.807, 2.05) is 0 Å². The van der Waals surface area contributed by atoms with E-state index in [-0.39, 0.29) is 18.7 Å². The molecule has 1 rings (SSSR count). The zero-order valence-corrected chi connectivity index (χ0v) is 9.56. The molecule has 0 spiro atoms. The molecule has 0 saturated heterocycles. The standard InChI is InChI=1S/C12H13ClFNO/c1-2-5-15-8-11(16)7-9-6-10(13)3-4-12(9)14/h2-4,6,15H,1,5,7-8H2. The Morgan fingerprint density at radius 1 is 1.56 bits per heavy atom. The van der Waals surface area contributed by atoms with E-state index in [0.717, 1.165) is 0 Å². The van der Waals surface area contributed by atoms with Gasteiger partial charge in [-0.05, 0) is 23.8 Å². The Kier molecular flexibility index (Phi) is 5.15. The Balaban J connectivity index is 2.55. The summed E-state index contributed by atoms with van der Waals surface area (Å²) in [7, 11) is 0. The van der Waals surface area contributed by atoms with Crippen molar-refractivity contribution >= 4 is 17.4 Å². The fraction of sp³-hybridized carbons (Fsp3) is 0.250. The molecule has 0 heterocycles. The summed E-state index contributed by atoms with van der Waals surface area (Å²) < 4.78 is 13.3. The molecule has 1 aromatic carbocycles. The van der Waals surface area contributed by atoms with Gasteiger partial charge in [0.1, 0.15) is 5.82 Å². The lowest BCUT2D eigenvalue weighted by molar-refractivity contribution is -0.117. The third kappa shape index (κ3) is 4.13. The van der Waals surface area contributed by atoms with Crippen LogP contribution in [0.2, 0.25) is 5.02 Å². The molecule has 0 radical (unpaired) electrons. The van der Waals surface area contributed by atoms with Crippen LogP contribution in [0, 0.1) is 5.82 Å². The van der Waals surface area contributed by atoms with Gasteiger partial charge >= 0.3 is 0 Å². The topological polar surface area (TPSA) is 29.1 Å². The van der Waals surface area contributed by atoms with Gasteiger partial charge in [0.2, 0.25) is 0 Å². The van der Waals surface area contributed by atoms with E-state index in [9.17, 15) is 9.18 Å². The Bertz CT molecular complexity index is 393. The van der Waals surface area contributed by atoms with Crippen molar-refractivity contribution in [1.82, 2.24) is 5.32 Å². The van der Waals surface area contributed by atoms with E-state index >= 15 is 0 Å². The Morgan fingerprint density at radius 2 is 2.31 bits per heavy atom. The normalized spacial score (nSPS) is 10.1. The molecule has 0 saturated carbocycles. The second-order valence-electron chi connectivity index (χ2n) is 3.37. The van der Waals surface area contributed by atoms with Crippen LogP contribution >= 0.6 is 11.6 Å². The number of ketones is 1. The molecule has 0 atom stereocenters. The van der Waals surface area contributed by atoms with Crippen molar-refractivity contribution in [3.63, 3.8) is 0 Å². The first-order valence-electron chi connectivity index (χ1n) is 4.90. The molecule has 16 heavy (non-hydrogen) atoms. The van der Waals surface area contributed by atoms with Crippen molar-refractivity contribution in [3.8, 4) is 0 Å². The highest BCUT2D eigenvalue weighted by Gasteiger charge is 2.08. The molecule has 0 unspecified atom stereocenters. The lowest BCUT2D eigenvalue weighted by Gasteiger charge is -2.04. The first kappa shape index (κ1) is 12.9. The summed E-state index contributed by atoms with van der Waals surface area (Å²) in [6.07, 6.45) is 1.71. The zero-order chi connectivity index (χ0) is 12.0. The molecular weight excluding hydrogens is 229 g/mol. The van der Waals surface area contributed by atoms with Crippen molar-refractivity contribution in [2.75, 3.05) is 13.1 Å². The molecule has 1 N–H and O–H groups in total. The van der Waals surface area contributed by atoms with Crippen LogP contribution in [0.15, 0.2) is 30.9 Å². The number of hydrogen-bond donors (Lipinski definition) is 1. The number of Topliss-reactive ketones (excluding diaryl/α,β-unsaturated/α-hetero) is 1. The number of rotatable bonds is 6. The summed E-state index contributed by atoms with van der Waals surface area (Å²) in [6, 6.07) is 4.20. The van der Waals surface area contributed by atoms with Crippen molar-refractivity contribution in [1.29, 1.82) is 0 Å². The number of carbonyl (C=O) groups is 1. The van der Waals surface area contributed by atoms with Gasteiger partial charge in [0.15, 0.2) is 5.78 Å². The second-order valence-corrected chi connectivity index (χ2v) is 3.81. The molecule has 0 aliphatic carbocycles. The number of nitrogens with one attached hydrogen (secondary N) is 1. The predicted molar refractivity (Wildman–Crippen MR) is 63.2 cm³/mol. The van der Waals surface area contributed by atoms with Gasteiger partial charge in [-0.3, -0.25) is 4.79 Å². The van der Waals surface area contributed by atoms with E-state index in [0.29, 0.717) is 17.1 Å². The fourth-order valence-electron chi connectivity index (χ4n) is 1.27. The van der Waals surface area contributed by atoms with Crippen LogP contribution in [0.4, 0.5) is 4.39 Å². The number of halogens is 2. The minimum Gasteiger partial charge on any atom is -0.307 e. The highest BCUT2D eigenvalue weighted by Crippen LogP contribution is 2.15. The van der Waals surface area contributed by atoms with Crippen LogP contribution in [0.3, 0.4) is 0 Å². The third-order valence-corrected chi connectivity index (χ3v) is 2.24. The average Bonchev–Trinajstić information content (AvgIpc) is 2.24. The SMILES string of the molecule is C=CCNCC(=O)Cc1cc(Cl)ccc1F. The number of hydrogen-bond acceptors (Lipinski definition) is 2. The van der Waals surface area contributed by atoms with Gasteiger partial charge < -0.3 is 5.32 Å². The minimum atomic E-state index is -0.401. The van der Waals surface area contributed by atoms with Crippen LogP contribution in [-0.4, -0.2) is 18.9 Å². The fourth-order valence-corrected chi connectivity index (χ4v) is 1.46.